The van der Waals surface area contributed by atoms with E-state index in [1.54, 1.807) is 29.2 Å². The molecule has 1 saturated heterocycles. The van der Waals surface area contributed by atoms with Gasteiger partial charge in [-0.2, -0.15) is 0 Å². The number of ether oxygens (including phenoxy) is 1. The Morgan fingerprint density at radius 3 is 2.39 bits per heavy atom. The first-order chi connectivity index (χ1) is 17.2. The Labute approximate surface area is 220 Å². The van der Waals surface area contributed by atoms with Crippen LogP contribution >= 0.6 is 35.0 Å². The van der Waals surface area contributed by atoms with Crippen molar-refractivity contribution in [3.05, 3.63) is 89.4 Å². The molecule has 1 aliphatic heterocycles. The van der Waals surface area contributed by atoms with Gasteiger partial charge in [0.1, 0.15) is 11.0 Å². The largest absolute Gasteiger partial charge is 0.487 e. The molecule has 1 N–H and O–H groups in total. The molecule has 1 fully saturated rings. The van der Waals surface area contributed by atoms with Crippen LogP contribution in [-0.2, 0) is 16.1 Å². The number of amides is 2. The summed E-state index contributed by atoms with van der Waals surface area (Å²) in [5.74, 6) is -0.837. The number of carbonyl (C=O) groups excluding carboxylic acids is 2. The molecule has 1 atom stereocenters. The number of nitrogens with one attached hydrogen (secondary N) is 1. The zero-order valence-electron chi connectivity index (χ0n) is 18.5. The van der Waals surface area contributed by atoms with Crippen LogP contribution in [0, 0.1) is 0 Å². The van der Waals surface area contributed by atoms with Gasteiger partial charge >= 0.3 is 5.57 Å². The molecule has 6 nitrogen and oxygen atoms in total. The summed E-state index contributed by atoms with van der Waals surface area (Å²) < 4.78 is 29.9. The maximum absolute atomic E-state index is 13.1. The molecular formula is C25H19Cl2F2N3O3S. The second-order valence-corrected chi connectivity index (χ2v) is 9.75. The van der Waals surface area contributed by atoms with Crippen molar-refractivity contribution in [1.82, 2.24) is 4.90 Å². The number of anilines is 1. The lowest BCUT2D eigenvalue weighted by atomic mass is 10.2. The third-order valence-electron chi connectivity index (χ3n) is 5.02. The number of carbonyl (C=O) groups is 2. The zero-order valence-corrected chi connectivity index (χ0v) is 20.9. The second kappa shape index (κ2) is 11.3. The topological polar surface area (TPSA) is 71.0 Å². The second-order valence-electron chi connectivity index (χ2n) is 7.71. The van der Waals surface area contributed by atoms with Crippen LogP contribution in [0.2, 0.25) is 5.02 Å². The van der Waals surface area contributed by atoms with E-state index in [0.29, 0.717) is 28.1 Å². The lowest BCUT2D eigenvalue weighted by molar-refractivity contribution is -0.129. The number of hydrogen-bond acceptors (Lipinski definition) is 5. The SMILES string of the molecule is O=C(Nc1ccc(OC(F)(F)Cl)cc1)[C@@H]1CC(=O)N(Cc2ccccc2)C(=Nc2ccc(Cl)cc2)S1. The van der Waals surface area contributed by atoms with Crippen LogP contribution in [0.25, 0.3) is 0 Å². The van der Waals surface area contributed by atoms with E-state index >= 15 is 0 Å². The number of thioether (sulfide) groups is 1. The van der Waals surface area contributed by atoms with Gasteiger partial charge < -0.3 is 10.1 Å². The van der Waals surface area contributed by atoms with Crippen LogP contribution in [0.4, 0.5) is 20.2 Å². The molecular weight excluding hydrogens is 531 g/mol. The molecule has 4 rings (SSSR count). The summed E-state index contributed by atoms with van der Waals surface area (Å²) in [5, 5.41) is 2.88. The highest BCUT2D eigenvalue weighted by Crippen LogP contribution is 2.32. The molecule has 11 heteroatoms. The fourth-order valence-corrected chi connectivity index (χ4v) is 4.66. The van der Waals surface area contributed by atoms with Gasteiger partial charge in [-0.1, -0.05) is 53.7 Å². The molecule has 1 heterocycles. The van der Waals surface area contributed by atoms with Crippen LogP contribution in [-0.4, -0.2) is 32.7 Å². The Kier molecular flexibility index (Phi) is 8.13. The van der Waals surface area contributed by atoms with Crippen LogP contribution in [0.1, 0.15) is 12.0 Å². The number of benzene rings is 3. The Hall–Kier alpha value is -3.14. The standard InChI is InChI=1S/C25H19Cl2F2N3O3S/c26-17-6-8-19(9-7-17)31-24-32(15-16-4-2-1-3-5-16)22(33)14-21(36-24)23(34)30-18-10-12-20(13-11-18)35-25(27,28)29/h1-13,21H,14-15H2,(H,30,34)/t21-/m0/s1. The van der Waals surface area contributed by atoms with Crippen molar-refractivity contribution >= 4 is 63.3 Å². The molecule has 0 saturated carbocycles. The smallest absolute Gasteiger partial charge is 0.420 e. The molecule has 2 amide bonds. The highest BCUT2D eigenvalue weighted by atomic mass is 35.5. The highest BCUT2D eigenvalue weighted by molar-refractivity contribution is 8.15. The van der Waals surface area contributed by atoms with Gasteiger partial charge in [0.2, 0.25) is 11.8 Å². The molecule has 0 aromatic heterocycles. The van der Waals surface area contributed by atoms with E-state index in [1.165, 1.54) is 36.0 Å². The minimum Gasteiger partial charge on any atom is -0.420 e. The number of alkyl halides is 3. The van der Waals surface area contributed by atoms with Crippen molar-refractivity contribution < 1.29 is 23.1 Å². The first kappa shape index (κ1) is 25.9. The summed E-state index contributed by atoms with van der Waals surface area (Å²) in [7, 11) is 0. The fourth-order valence-electron chi connectivity index (χ4n) is 3.35. The Balaban J connectivity index is 1.52. The molecule has 3 aromatic carbocycles. The third-order valence-corrected chi connectivity index (χ3v) is 6.54. The Bertz CT molecular complexity index is 1250. The monoisotopic (exact) mass is 549 g/mol. The van der Waals surface area contributed by atoms with E-state index in [9.17, 15) is 18.4 Å². The summed E-state index contributed by atoms with van der Waals surface area (Å²) in [4.78, 5) is 32.3. The normalized spacial score (nSPS) is 17.2. The molecule has 0 spiro atoms. The summed E-state index contributed by atoms with van der Waals surface area (Å²) in [6.07, 6.45) is -0.0391. The number of nitrogens with zero attached hydrogens (tertiary/aromatic N) is 2. The van der Waals surface area contributed by atoms with Crippen molar-refractivity contribution in [2.45, 2.75) is 23.8 Å². The number of halogens is 4. The molecule has 186 valence electrons. The fraction of sp³-hybridized carbons (Fsp3) is 0.160. The van der Waals surface area contributed by atoms with Gasteiger partial charge in [-0.25, -0.2) is 4.99 Å². The summed E-state index contributed by atoms with van der Waals surface area (Å²) >= 11 is 11.9. The number of rotatable bonds is 7. The maximum Gasteiger partial charge on any atom is 0.487 e. The number of amidine groups is 1. The van der Waals surface area contributed by atoms with Crippen LogP contribution in [0.3, 0.4) is 0 Å². The molecule has 3 aromatic rings. The highest BCUT2D eigenvalue weighted by Gasteiger charge is 2.36. The summed E-state index contributed by atoms with van der Waals surface area (Å²) in [6, 6.07) is 21.6. The minimum absolute atomic E-state index is 0.0391. The average molecular weight is 550 g/mol. The van der Waals surface area contributed by atoms with E-state index < -0.39 is 16.7 Å². The lowest BCUT2D eigenvalue weighted by Crippen LogP contribution is -2.44. The predicted octanol–water partition coefficient (Wildman–Crippen LogP) is 6.67. The van der Waals surface area contributed by atoms with E-state index in [2.05, 4.69) is 15.0 Å². The average Bonchev–Trinajstić information content (AvgIpc) is 2.83. The molecule has 0 bridgehead atoms. The van der Waals surface area contributed by atoms with Crippen LogP contribution in [0.15, 0.2) is 83.9 Å². The first-order valence-electron chi connectivity index (χ1n) is 10.7. The van der Waals surface area contributed by atoms with Gasteiger partial charge in [0.05, 0.1) is 12.2 Å². The first-order valence-corrected chi connectivity index (χ1v) is 12.3. The number of aliphatic imine (C=N–C) groups is 1. The summed E-state index contributed by atoms with van der Waals surface area (Å²) in [5.41, 5.74) is -1.99. The molecule has 0 radical (unpaired) electrons. The van der Waals surface area contributed by atoms with Crippen molar-refractivity contribution in [3.63, 3.8) is 0 Å². The Morgan fingerprint density at radius 2 is 1.75 bits per heavy atom. The van der Waals surface area contributed by atoms with Gasteiger partial charge in [0.25, 0.3) is 0 Å². The molecule has 1 aliphatic rings. The Morgan fingerprint density at radius 1 is 1.08 bits per heavy atom. The van der Waals surface area contributed by atoms with Crippen molar-refractivity contribution in [1.29, 1.82) is 0 Å². The van der Waals surface area contributed by atoms with Gasteiger partial charge in [-0.15, -0.1) is 8.78 Å². The lowest BCUT2D eigenvalue weighted by Gasteiger charge is -2.32. The third kappa shape index (κ3) is 7.19. The summed E-state index contributed by atoms with van der Waals surface area (Å²) in [6.45, 7) is 0.306. The molecule has 0 unspecified atom stereocenters. The van der Waals surface area contributed by atoms with E-state index in [0.717, 1.165) is 5.56 Å². The zero-order chi connectivity index (χ0) is 25.7. The van der Waals surface area contributed by atoms with E-state index in [-0.39, 0.29) is 18.1 Å². The molecule has 0 aliphatic carbocycles. The van der Waals surface area contributed by atoms with Crippen molar-refractivity contribution in [3.8, 4) is 5.75 Å². The van der Waals surface area contributed by atoms with Crippen LogP contribution in [0.5, 0.6) is 5.75 Å². The predicted molar refractivity (Wildman–Crippen MR) is 138 cm³/mol. The molecule has 36 heavy (non-hydrogen) atoms. The van der Waals surface area contributed by atoms with Gasteiger partial charge in [0.15, 0.2) is 5.17 Å². The van der Waals surface area contributed by atoms with Gasteiger partial charge in [0, 0.05) is 28.7 Å². The van der Waals surface area contributed by atoms with E-state index in [1.807, 2.05) is 30.3 Å². The van der Waals surface area contributed by atoms with E-state index in [4.69, 9.17) is 23.2 Å². The van der Waals surface area contributed by atoms with Crippen molar-refractivity contribution in [2.24, 2.45) is 4.99 Å². The van der Waals surface area contributed by atoms with Crippen molar-refractivity contribution in [2.75, 3.05) is 5.32 Å². The van der Waals surface area contributed by atoms with Gasteiger partial charge in [-0.05, 0) is 54.1 Å². The maximum atomic E-state index is 13.1. The minimum atomic E-state index is -3.84. The number of hydrogen-bond donors (Lipinski definition) is 1. The van der Waals surface area contributed by atoms with Crippen LogP contribution < -0.4 is 10.1 Å². The quantitative estimate of drug-likeness (QED) is 0.334. The van der Waals surface area contributed by atoms with Gasteiger partial charge in [-0.3, -0.25) is 14.5 Å².